The molecule has 5 heteroatoms. The quantitative estimate of drug-likeness (QED) is 0.926. The first-order chi connectivity index (χ1) is 12.1. The molecule has 0 unspecified atom stereocenters. The van der Waals surface area contributed by atoms with Crippen LogP contribution in [0, 0.1) is 0 Å². The summed E-state index contributed by atoms with van der Waals surface area (Å²) >= 11 is 0. The number of morpholine rings is 1. The van der Waals surface area contributed by atoms with Crippen molar-refractivity contribution >= 4 is 16.9 Å². The first-order valence-electron chi connectivity index (χ1n) is 9.19. The third-order valence-electron chi connectivity index (χ3n) is 5.37. The predicted molar refractivity (Wildman–Crippen MR) is 94.6 cm³/mol. The monoisotopic (exact) mass is 343 g/mol. The van der Waals surface area contributed by atoms with Crippen LogP contribution in [0.1, 0.15) is 36.5 Å². The largest absolute Gasteiger partial charge is 0.464 e. The zero-order valence-corrected chi connectivity index (χ0v) is 14.7. The van der Waals surface area contributed by atoms with Crippen molar-refractivity contribution in [3.05, 3.63) is 35.1 Å². The van der Waals surface area contributed by atoms with Gasteiger partial charge in [0.1, 0.15) is 5.58 Å². The van der Waals surface area contributed by atoms with Gasteiger partial charge in [0.05, 0.1) is 38.0 Å². The molecular formula is C20H25NO4. The highest BCUT2D eigenvalue weighted by atomic mass is 16.5. The Bertz CT molecular complexity index is 779. The minimum atomic E-state index is -0.445. The zero-order chi connectivity index (χ0) is 17.4. The lowest BCUT2D eigenvalue weighted by atomic mass is 10.0. The second-order valence-corrected chi connectivity index (χ2v) is 7.31. The number of nitrogens with zero attached hydrogens (tertiary/aromatic N) is 1. The maximum absolute atomic E-state index is 12.9. The van der Waals surface area contributed by atoms with E-state index >= 15 is 0 Å². The average Bonchev–Trinajstić information content (AvgIpc) is 3.19. The third-order valence-corrected chi connectivity index (χ3v) is 5.37. The van der Waals surface area contributed by atoms with Crippen molar-refractivity contribution in [2.45, 2.75) is 51.2 Å². The van der Waals surface area contributed by atoms with Gasteiger partial charge in [-0.25, -0.2) is 0 Å². The Balaban J connectivity index is 1.55. The van der Waals surface area contributed by atoms with Crippen LogP contribution in [0.2, 0.25) is 0 Å². The van der Waals surface area contributed by atoms with E-state index in [4.69, 9.17) is 9.15 Å². The number of carbonyl (C=O) groups is 1. The van der Waals surface area contributed by atoms with Crippen LogP contribution in [0.4, 0.5) is 0 Å². The molecule has 2 heterocycles. The normalized spacial score (nSPS) is 21.5. The Labute approximate surface area is 147 Å². The summed E-state index contributed by atoms with van der Waals surface area (Å²) in [6, 6.07) is 4.29. The molecule has 0 radical (unpaired) electrons. The fourth-order valence-corrected chi connectivity index (χ4v) is 4.12. The molecule has 1 aromatic heterocycles. The van der Waals surface area contributed by atoms with Gasteiger partial charge in [-0.05, 0) is 55.9 Å². The van der Waals surface area contributed by atoms with Crippen LogP contribution in [0.3, 0.4) is 0 Å². The topological polar surface area (TPSA) is 62.9 Å². The molecule has 25 heavy (non-hydrogen) atoms. The van der Waals surface area contributed by atoms with Crippen LogP contribution in [0.5, 0.6) is 0 Å². The fourth-order valence-electron chi connectivity index (χ4n) is 4.12. The summed E-state index contributed by atoms with van der Waals surface area (Å²) in [7, 11) is 0. The standard InChI is InChI=1S/C20H25NO4/c1-13(22)7-17-12-24-6-5-21(17)20(23)10-16-11-25-19-9-15-4-2-3-14(15)8-18(16)19/h8-9,11,13,17,22H,2-7,10,12H2,1H3/t13-,17-/m0/s1. The third kappa shape index (κ3) is 3.31. The first-order valence-corrected chi connectivity index (χ1v) is 9.19. The van der Waals surface area contributed by atoms with Crippen molar-refractivity contribution in [2.24, 2.45) is 0 Å². The number of amides is 1. The highest BCUT2D eigenvalue weighted by Crippen LogP contribution is 2.31. The summed E-state index contributed by atoms with van der Waals surface area (Å²) in [5, 5.41) is 10.7. The fraction of sp³-hybridized carbons (Fsp3) is 0.550. The van der Waals surface area contributed by atoms with Crippen LogP contribution in [0.15, 0.2) is 22.8 Å². The van der Waals surface area contributed by atoms with E-state index in [-0.39, 0.29) is 11.9 Å². The molecule has 1 aromatic carbocycles. The molecular weight excluding hydrogens is 318 g/mol. The first kappa shape index (κ1) is 16.6. The molecule has 2 aliphatic rings. The van der Waals surface area contributed by atoms with Crippen molar-refractivity contribution in [1.29, 1.82) is 0 Å². The maximum Gasteiger partial charge on any atom is 0.227 e. The summed E-state index contributed by atoms with van der Waals surface area (Å²) in [5.41, 5.74) is 4.61. The van der Waals surface area contributed by atoms with Crippen LogP contribution in [-0.4, -0.2) is 47.8 Å². The Hall–Kier alpha value is -1.85. The van der Waals surface area contributed by atoms with Gasteiger partial charge in [0, 0.05) is 17.5 Å². The highest BCUT2D eigenvalue weighted by Gasteiger charge is 2.29. The molecule has 134 valence electrons. The lowest BCUT2D eigenvalue weighted by Gasteiger charge is -2.36. The van der Waals surface area contributed by atoms with E-state index in [1.807, 2.05) is 4.90 Å². The van der Waals surface area contributed by atoms with Crippen molar-refractivity contribution in [3.8, 4) is 0 Å². The van der Waals surface area contributed by atoms with E-state index in [9.17, 15) is 9.90 Å². The lowest BCUT2D eigenvalue weighted by Crippen LogP contribution is -2.50. The second-order valence-electron chi connectivity index (χ2n) is 7.31. The van der Waals surface area contributed by atoms with Crippen molar-refractivity contribution < 1.29 is 19.1 Å². The molecule has 1 fully saturated rings. The van der Waals surface area contributed by atoms with Crippen LogP contribution < -0.4 is 0 Å². The van der Waals surface area contributed by atoms with E-state index in [1.54, 1.807) is 13.2 Å². The molecule has 2 atom stereocenters. The number of aliphatic hydroxyl groups is 1. The van der Waals surface area contributed by atoms with Gasteiger partial charge in [-0.15, -0.1) is 0 Å². The number of aryl methyl sites for hydroxylation is 2. The van der Waals surface area contributed by atoms with Crippen LogP contribution in [-0.2, 0) is 28.8 Å². The molecule has 1 aliphatic carbocycles. The lowest BCUT2D eigenvalue weighted by molar-refractivity contribution is -0.140. The van der Waals surface area contributed by atoms with E-state index in [1.165, 1.54) is 17.5 Å². The van der Waals surface area contributed by atoms with Gasteiger partial charge in [-0.1, -0.05) is 0 Å². The minimum Gasteiger partial charge on any atom is -0.464 e. The highest BCUT2D eigenvalue weighted by molar-refractivity contribution is 5.88. The van der Waals surface area contributed by atoms with Gasteiger partial charge in [-0.3, -0.25) is 4.79 Å². The van der Waals surface area contributed by atoms with Crippen molar-refractivity contribution in [2.75, 3.05) is 19.8 Å². The number of ether oxygens (including phenoxy) is 1. The number of benzene rings is 1. The summed E-state index contributed by atoms with van der Waals surface area (Å²) in [6.45, 7) is 3.39. The number of hydrogen-bond donors (Lipinski definition) is 1. The number of fused-ring (bicyclic) bond motifs is 2. The second kappa shape index (κ2) is 6.81. The molecule has 1 N–H and O–H groups in total. The molecule has 0 bridgehead atoms. The smallest absolute Gasteiger partial charge is 0.227 e. The summed E-state index contributed by atoms with van der Waals surface area (Å²) in [6.07, 6.45) is 5.60. The van der Waals surface area contributed by atoms with Gasteiger partial charge in [0.15, 0.2) is 0 Å². The van der Waals surface area contributed by atoms with E-state index in [0.29, 0.717) is 32.6 Å². The summed E-state index contributed by atoms with van der Waals surface area (Å²) < 4.78 is 11.2. The van der Waals surface area contributed by atoms with Gasteiger partial charge < -0.3 is 19.2 Å². The Morgan fingerprint density at radius 2 is 2.16 bits per heavy atom. The van der Waals surface area contributed by atoms with E-state index < -0.39 is 6.10 Å². The number of carbonyl (C=O) groups excluding carboxylic acids is 1. The number of rotatable bonds is 4. The Morgan fingerprint density at radius 3 is 2.96 bits per heavy atom. The van der Waals surface area contributed by atoms with Gasteiger partial charge in [-0.2, -0.15) is 0 Å². The molecule has 0 spiro atoms. The molecule has 0 saturated carbocycles. The van der Waals surface area contributed by atoms with Crippen molar-refractivity contribution in [1.82, 2.24) is 4.90 Å². The van der Waals surface area contributed by atoms with E-state index in [0.717, 1.165) is 29.4 Å². The molecule has 5 nitrogen and oxygen atoms in total. The predicted octanol–water partition coefficient (Wildman–Crippen LogP) is 2.46. The number of furan rings is 1. The van der Waals surface area contributed by atoms with Gasteiger partial charge in [0.2, 0.25) is 5.91 Å². The van der Waals surface area contributed by atoms with Gasteiger partial charge >= 0.3 is 0 Å². The maximum atomic E-state index is 12.9. The molecule has 4 rings (SSSR count). The Morgan fingerprint density at radius 1 is 1.36 bits per heavy atom. The summed E-state index contributed by atoms with van der Waals surface area (Å²) in [4.78, 5) is 14.7. The minimum absolute atomic E-state index is 0.0522. The molecule has 1 saturated heterocycles. The van der Waals surface area contributed by atoms with Crippen molar-refractivity contribution in [3.63, 3.8) is 0 Å². The Kier molecular flexibility index (Phi) is 4.52. The molecule has 1 aliphatic heterocycles. The van der Waals surface area contributed by atoms with Crippen LogP contribution >= 0.6 is 0 Å². The summed E-state index contributed by atoms with van der Waals surface area (Å²) in [5.74, 6) is 0.0807. The molecule has 2 aromatic rings. The number of aliphatic hydroxyl groups excluding tert-OH is 1. The van der Waals surface area contributed by atoms with E-state index in [2.05, 4.69) is 12.1 Å². The van der Waals surface area contributed by atoms with Crippen LogP contribution in [0.25, 0.3) is 11.0 Å². The zero-order valence-electron chi connectivity index (χ0n) is 14.7. The SMILES string of the molecule is C[C@H](O)C[C@H]1COCCN1C(=O)Cc1coc2cc3c(cc12)CCC3. The number of hydrogen-bond acceptors (Lipinski definition) is 4. The average molecular weight is 343 g/mol. The van der Waals surface area contributed by atoms with Gasteiger partial charge in [0.25, 0.3) is 0 Å². The molecule has 1 amide bonds.